The van der Waals surface area contributed by atoms with E-state index in [9.17, 15) is 15.2 Å². The molecule has 0 atom stereocenters. The van der Waals surface area contributed by atoms with Gasteiger partial charge in [-0.2, -0.15) is 20.1 Å². The van der Waals surface area contributed by atoms with Crippen LogP contribution >= 0.6 is 28.3 Å². The van der Waals surface area contributed by atoms with Gasteiger partial charge in [0, 0.05) is 36.7 Å². The molecule has 0 fully saturated rings. The molecule has 1 heterocycles. The van der Waals surface area contributed by atoms with Crippen molar-refractivity contribution in [2.45, 2.75) is 6.54 Å². The molecule has 0 radical (unpaired) electrons. The Morgan fingerprint density at radius 1 is 1.19 bits per heavy atom. The van der Waals surface area contributed by atoms with Gasteiger partial charge >= 0.3 is 5.69 Å². The first kappa shape index (κ1) is 24.8. The number of hydrazone groups is 1. The fraction of sp³-hybridized carbons (Fsp3) is 0.158. The average molecular weight is 524 g/mol. The summed E-state index contributed by atoms with van der Waals surface area (Å²) >= 11 is 3.18. The van der Waals surface area contributed by atoms with Crippen molar-refractivity contribution in [1.82, 2.24) is 15.0 Å². The Labute approximate surface area is 198 Å². The molecule has 3 rings (SSSR count). The van der Waals surface area contributed by atoms with Gasteiger partial charge in [-0.1, -0.05) is 46.3 Å². The molecule has 0 aliphatic heterocycles. The van der Waals surface area contributed by atoms with Crippen LogP contribution in [0, 0.1) is 10.1 Å². The molecule has 0 unspecified atom stereocenters. The van der Waals surface area contributed by atoms with E-state index in [0.29, 0.717) is 22.9 Å². The molecular formula is C19H20BrClN8O3. The number of benzene rings is 2. The maximum atomic E-state index is 11.1. The number of anilines is 3. The highest BCUT2D eigenvalue weighted by atomic mass is 79.9. The van der Waals surface area contributed by atoms with Gasteiger partial charge in [-0.25, -0.2) is 5.43 Å². The lowest BCUT2D eigenvalue weighted by Crippen LogP contribution is -2.16. The smallest absolute Gasteiger partial charge is 0.312 e. The first-order valence-electron chi connectivity index (χ1n) is 9.00. The number of hydrogen-bond donors (Lipinski definition) is 3. The van der Waals surface area contributed by atoms with E-state index in [1.165, 1.54) is 18.3 Å². The summed E-state index contributed by atoms with van der Waals surface area (Å²) < 4.78 is 0.431. The van der Waals surface area contributed by atoms with Crippen molar-refractivity contribution in [3.05, 3.63) is 68.2 Å². The van der Waals surface area contributed by atoms with Crippen LogP contribution in [0.1, 0.15) is 11.1 Å². The minimum Gasteiger partial charge on any atom is -0.502 e. The highest BCUT2D eigenvalue weighted by Crippen LogP contribution is 2.32. The monoisotopic (exact) mass is 522 g/mol. The van der Waals surface area contributed by atoms with E-state index >= 15 is 0 Å². The lowest BCUT2D eigenvalue weighted by atomic mass is 10.2. The van der Waals surface area contributed by atoms with Crippen LogP contribution in [-0.2, 0) is 6.54 Å². The first-order chi connectivity index (χ1) is 14.8. The zero-order valence-electron chi connectivity index (χ0n) is 17.1. The molecule has 1 aromatic heterocycles. The molecule has 0 bridgehead atoms. The number of rotatable bonds is 8. The summed E-state index contributed by atoms with van der Waals surface area (Å²) in [6.45, 7) is 0.524. The van der Waals surface area contributed by atoms with Crippen molar-refractivity contribution in [2.75, 3.05) is 29.7 Å². The molecule has 13 heteroatoms. The molecule has 11 nitrogen and oxygen atoms in total. The maximum absolute atomic E-state index is 11.1. The molecule has 3 N–H and O–H groups in total. The van der Waals surface area contributed by atoms with E-state index in [2.05, 4.69) is 46.7 Å². The van der Waals surface area contributed by atoms with E-state index in [1.807, 2.05) is 30.3 Å². The molecule has 0 amide bonds. The minimum atomic E-state index is -0.676. The van der Waals surface area contributed by atoms with Crippen LogP contribution in [0.15, 0.2) is 52.0 Å². The zero-order valence-corrected chi connectivity index (χ0v) is 19.5. The van der Waals surface area contributed by atoms with Crippen LogP contribution in [0.3, 0.4) is 0 Å². The van der Waals surface area contributed by atoms with Crippen LogP contribution in [0.25, 0.3) is 0 Å². The first-order valence-corrected chi connectivity index (χ1v) is 9.80. The number of nitrogens with one attached hydrogen (secondary N) is 2. The number of halogens is 2. The molecule has 32 heavy (non-hydrogen) atoms. The summed E-state index contributed by atoms with van der Waals surface area (Å²) in [5.41, 5.74) is 3.45. The van der Waals surface area contributed by atoms with Crippen molar-refractivity contribution in [2.24, 2.45) is 5.10 Å². The van der Waals surface area contributed by atoms with Gasteiger partial charge in [0.15, 0.2) is 0 Å². The van der Waals surface area contributed by atoms with Crippen LogP contribution in [0.5, 0.6) is 5.75 Å². The fourth-order valence-electron chi connectivity index (χ4n) is 2.47. The van der Waals surface area contributed by atoms with Gasteiger partial charge in [0.1, 0.15) is 0 Å². The quantitative estimate of drug-likeness (QED) is 0.228. The Hall–Kier alpha value is -3.51. The molecule has 168 valence electrons. The van der Waals surface area contributed by atoms with Crippen LogP contribution in [0.2, 0.25) is 0 Å². The van der Waals surface area contributed by atoms with E-state index in [1.54, 1.807) is 19.0 Å². The lowest BCUT2D eigenvalue weighted by Gasteiger charge is -2.13. The van der Waals surface area contributed by atoms with Gasteiger partial charge in [-0.15, -0.1) is 12.4 Å². The Bertz CT molecular complexity index is 1120. The number of nitro benzene ring substituents is 1. The summed E-state index contributed by atoms with van der Waals surface area (Å²) in [5, 5.41) is 28.3. The van der Waals surface area contributed by atoms with Gasteiger partial charge in [-0.3, -0.25) is 10.1 Å². The van der Waals surface area contributed by atoms with E-state index in [4.69, 9.17) is 0 Å². The van der Waals surface area contributed by atoms with E-state index in [0.717, 1.165) is 5.56 Å². The Morgan fingerprint density at radius 3 is 2.53 bits per heavy atom. The number of phenols is 1. The zero-order chi connectivity index (χ0) is 22.4. The summed E-state index contributed by atoms with van der Waals surface area (Å²) in [6, 6.07) is 12.5. The fourth-order valence-corrected chi connectivity index (χ4v) is 2.94. The highest BCUT2D eigenvalue weighted by Gasteiger charge is 2.17. The molecule has 0 saturated carbocycles. The Balaban J connectivity index is 0.00000363. The third-order valence-electron chi connectivity index (χ3n) is 3.97. The third kappa shape index (κ3) is 6.49. The number of nitrogens with zero attached hydrogens (tertiary/aromatic N) is 6. The van der Waals surface area contributed by atoms with Gasteiger partial charge in [0.2, 0.25) is 23.6 Å². The number of phenolic OH excluding ortho intramolecular Hbond substituents is 1. The van der Waals surface area contributed by atoms with Crippen LogP contribution in [-0.4, -0.2) is 45.3 Å². The standard InChI is InChI=1S/C19H19BrN8O3.ClH/c1-27(2)19-24-17(21-10-12-6-4-3-5-7-12)23-18(25-19)26-22-11-13-8-14(20)9-15(16(13)29)28(30)31;/h3-9,11,29H,10H2,1-2H3,(H2,21,23,24,25,26);1H/b22-11+;. The molecule has 0 aliphatic carbocycles. The normalized spacial score (nSPS) is 10.5. The predicted octanol–water partition coefficient (Wildman–Crippen LogP) is 3.79. The van der Waals surface area contributed by atoms with Crippen molar-refractivity contribution in [1.29, 1.82) is 0 Å². The lowest BCUT2D eigenvalue weighted by molar-refractivity contribution is -0.385. The SMILES string of the molecule is CN(C)c1nc(NCc2ccccc2)nc(N/N=C/c2cc(Br)cc([N+](=O)[O-])c2O)n1.Cl. The number of aromatic nitrogens is 3. The van der Waals surface area contributed by atoms with Gasteiger partial charge in [-0.05, 0) is 11.6 Å². The van der Waals surface area contributed by atoms with Crippen molar-refractivity contribution < 1.29 is 10.0 Å². The average Bonchev–Trinajstić information content (AvgIpc) is 2.75. The van der Waals surface area contributed by atoms with E-state index in [-0.39, 0.29) is 23.9 Å². The highest BCUT2D eigenvalue weighted by molar-refractivity contribution is 9.10. The topological polar surface area (TPSA) is 142 Å². The molecule has 0 spiro atoms. The van der Waals surface area contributed by atoms with Crippen molar-refractivity contribution in [3.8, 4) is 5.75 Å². The maximum Gasteiger partial charge on any atom is 0.312 e. The van der Waals surface area contributed by atoms with Crippen molar-refractivity contribution >= 4 is 58.1 Å². The van der Waals surface area contributed by atoms with Crippen LogP contribution in [0.4, 0.5) is 23.5 Å². The van der Waals surface area contributed by atoms with Gasteiger partial charge < -0.3 is 15.3 Å². The number of aromatic hydroxyl groups is 1. The van der Waals surface area contributed by atoms with Gasteiger partial charge in [0.05, 0.1) is 11.1 Å². The second-order valence-electron chi connectivity index (χ2n) is 6.51. The minimum absolute atomic E-state index is 0. The summed E-state index contributed by atoms with van der Waals surface area (Å²) in [5.74, 6) is 0.425. The molecule has 0 saturated heterocycles. The summed E-state index contributed by atoms with van der Waals surface area (Å²) in [7, 11) is 3.59. The molecule has 2 aromatic carbocycles. The summed E-state index contributed by atoms with van der Waals surface area (Å²) in [4.78, 5) is 25.0. The largest absolute Gasteiger partial charge is 0.502 e. The number of hydrogen-bond acceptors (Lipinski definition) is 10. The molecule has 0 aliphatic rings. The van der Waals surface area contributed by atoms with E-state index < -0.39 is 16.4 Å². The Morgan fingerprint density at radius 2 is 1.88 bits per heavy atom. The van der Waals surface area contributed by atoms with Crippen LogP contribution < -0.4 is 15.6 Å². The van der Waals surface area contributed by atoms with Crippen molar-refractivity contribution in [3.63, 3.8) is 0 Å². The van der Waals surface area contributed by atoms with Gasteiger partial charge in [0.25, 0.3) is 0 Å². The Kier molecular flexibility index (Phi) is 8.67. The predicted molar refractivity (Wildman–Crippen MR) is 129 cm³/mol. The second kappa shape index (κ2) is 11.2. The number of nitro groups is 1. The summed E-state index contributed by atoms with van der Waals surface area (Å²) in [6.07, 6.45) is 1.24. The molecule has 3 aromatic rings. The third-order valence-corrected chi connectivity index (χ3v) is 4.42. The molecular weight excluding hydrogens is 504 g/mol. The second-order valence-corrected chi connectivity index (χ2v) is 7.42.